The molecule has 0 radical (unpaired) electrons. The van der Waals surface area contributed by atoms with Crippen LogP contribution in [0.1, 0.15) is 35.1 Å². The third-order valence-corrected chi connectivity index (χ3v) is 6.13. The van der Waals surface area contributed by atoms with Crippen LogP contribution >= 0.6 is 0 Å². The van der Waals surface area contributed by atoms with Crippen LogP contribution in [0.15, 0.2) is 78.9 Å². The van der Waals surface area contributed by atoms with Crippen LogP contribution < -0.4 is 4.74 Å². The van der Waals surface area contributed by atoms with Crippen molar-refractivity contribution in [3.63, 3.8) is 0 Å². The molecule has 4 rings (SSSR count). The zero-order valence-corrected chi connectivity index (χ0v) is 18.8. The molecule has 1 fully saturated rings. The number of urea groups is 1. The number of amides is 3. The number of carbonyl (C=O) groups excluding carboxylic acids is 2. The monoisotopic (exact) mass is 446 g/mol. The summed E-state index contributed by atoms with van der Waals surface area (Å²) in [5, 5.41) is 0. The molecule has 1 aliphatic heterocycles. The molecule has 3 amide bonds. The molecular formula is C27H27FN2O3. The molecule has 0 saturated carbocycles. The summed E-state index contributed by atoms with van der Waals surface area (Å²) >= 11 is 0. The molecule has 33 heavy (non-hydrogen) atoms. The fraction of sp³-hybridized carbons (Fsp3) is 0.259. The highest BCUT2D eigenvalue weighted by molar-refractivity contribution is 5.96. The van der Waals surface area contributed by atoms with Crippen molar-refractivity contribution in [2.24, 2.45) is 0 Å². The Morgan fingerprint density at radius 1 is 1.06 bits per heavy atom. The van der Waals surface area contributed by atoms with E-state index >= 15 is 0 Å². The molecule has 170 valence electrons. The van der Waals surface area contributed by atoms with Crippen LogP contribution in [0.25, 0.3) is 0 Å². The van der Waals surface area contributed by atoms with Crippen LogP contribution in [-0.4, -0.2) is 42.4 Å². The Morgan fingerprint density at radius 3 is 2.45 bits per heavy atom. The molecule has 2 atom stereocenters. The molecule has 6 heteroatoms. The van der Waals surface area contributed by atoms with Crippen molar-refractivity contribution in [2.75, 3.05) is 20.7 Å². The molecule has 1 aliphatic rings. The largest absolute Gasteiger partial charge is 0.497 e. The topological polar surface area (TPSA) is 49.9 Å². The molecule has 0 aromatic heterocycles. The van der Waals surface area contributed by atoms with Gasteiger partial charge in [0, 0.05) is 20.0 Å². The normalized spacial score (nSPS) is 16.7. The second-order valence-electron chi connectivity index (χ2n) is 8.36. The van der Waals surface area contributed by atoms with E-state index in [4.69, 9.17) is 4.74 Å². The Bertz CT molecular complexity index is 1120. The standard InChI is InChI=1S/C27H27FN2O3/c1-29-18-25(20-7-4-3-5-8-20)30(27(29)32)26(31)17-22(21-9-6-10-23(28)16-21)15-19-11-13-24(33-2)14-12-19/h3-14,16,22,25H,15,17-18H2,1-2H3/t22-,25?/m0/s1. The molecule has 3 aromatic rings. The van der Waals surface area contributed by atoms with Gasteiger partial charge in [-0.3, -0.25) is 9.69 Å². The molecular weight excluding hydrogens is 419 g/mol. The van der Waals surface area contributed by atoms with E-state index in [1.54, 1.807) is 25.1 Å². The summed E-state index contributed by atoms with van der Waals surface area (Å²) in [7, 11) is 3.31. The number of methoxy groups -OCH3 is 1. The fourth-order valence-electron chi connectivity index (χ4n) is 4.37. The predicted molar refractivity (Wildman–Crippen MR) is 125 cm³/mol. The molecule has 1 heterocycles. The molecule has 3 aromatic carbocycles. The summed E-state index contributed by atoms with van der Waals surface area (Å²) in [6.07, 6.45) is 0.630. The van der Waals surface area contributed by atoms with Gasteiger partial charge in [-0.25, -0.2) is 9.18 Å². The van der Waals surface area contributed by atoms with E-state index in [-0.39, 0.29) is 36.1 Å². The Balaban J connectivity index is 1.61. The summed E-state index contributed by atoms with van der Waals surface area (Å²) in [6.45, 7) is 0.442. The van der Waals surface area contributed by atoms with Crippen molar-refractivity contribution in [3.05, 3.63) is 101 Å². The summed E-state index contributed by atoms with van der Waals surface area (Å²) in [5.74, 6) is -0.148. The lowest BCUT2D eigenvalue weighted by atomic mass is 9.88. The van der Waals surface area contributed by atoms with Gasteiger partial charge in [0.1, 0.15) is 11.6 Å². The number of likely N-dealkylation sites (N-methyl/N-ethyl adjacent to an activating group) is 1. The van der Waals surface area contributed by atoms with Gasteiger partial charge in [0.05, 0.1) is 13.2 Å². The summed E-state index contributed by atoms with van der Waals surface area (Å²) in [6, 6.07) is 22.9. The lowest BCUT2D eigenvalue weighted by molar-refractivity contribution is -0.129. The lowest BCUT2D eigenvalue weighted by Gasteiger charge is -2.25. The number of nitrogens with zero attached hydrogens (tertiary/aromatic N) is 2. The van der Waals surface area contributed by atoms with Crippen LogP contribution in [0.2, 0.25) is 0 Å². The van der Waals surface area contributed by atoms with Crippen molar-refractivity contribution in [1.29, 1.82) is 0 Å². The smallest absolute Gasteiger partial charge is 0.327 e. The molecule has 0 spiro atoms. The van der Waals surface area contributed by atoms with E-state index in [9.17, 15) is 14.0 Å². The number of carbonyl (C=O) groups is 2. The Hall–Kier alpha value is -3.67. The average Bonchev–Trinajstić information content (AvgIpc) is 3.14. The number of ether oxygens (including phenoxy) is 1. The van der Waals surface area contributed by atoms with E-state index in [1.165, 1.54) is 17.0 Å². The zero-order chi connectivity index (χ0) is 23.4. The van der Waals surface area contributed by atoms with E-state index in [1.807, 2.05) is 60.7 Å². The molecule has 0 N–H and O–H groups in total. The van der Waals surface area contributed by atoms with Crippen LogP contribution in [0.3, 0.4) is 0 Å². The SMILES string of the molecule is COc1ccc(C[C@@H](CC(=O)N2C(=O)N(C)CC2c2ccccc2)c2cccc(F)c2)cc1. The number of hydrogen-bond donors (Lipinski definition) is 0. The Labute approximate surface area is 193 Å². The van der Waals surface area contributed by atoms with Gasteiger partial charge in [0.15, 0.2) is 0 Å². The van der Waals surface area contributed by atoms with Gasteiger partial charge in [0.2, 0.25) is 5.91 Å². The van der Waals surface area contributed by atoms with E-state index in [0.29, 0.717) is 13.0 Å². The van der Waals surface area contributed by atoms with Crippen LogP contribution in [0.4, 0.5) is 9.18 Å². The third-order valence-electron chi connectivity index (χ3n) is 6.13. The maximum atomic E-state index is 14.0. The molecule has 0 aliphatic carbocycles. The van der Waals surface area contributed by atoms with Gasteiger partial charge in [-0.05, 0) is 53.3 Å². The maximum Gasteiger partial charge on any atom is 0.327 e. The predicted octanol–water partition coefficient (Wildman–Crippen LogP) is 5.19. The van der Waals surface area contributed by atoms with Crippen LogP contribution in [0, 0.1) is 5.82 Å². The lowest BCUT2D eigenvalue weighted by Crippen LogP contribution is -2.37. The number of rotatable bonds is 7. The second kappa shape index (κ2) is 9.86. The van der Waals surface area contributed by atoms with Gasteiger partial charge in [-0.15, -0.1) is 0 Å². The average molecular weight is 447 g/mol. The van der Waals surface area contributed by atoms with Crippen molar-refractivity contribution in [1.82, 2.24) is 9.80 Å². The van der Waals surface area contributed by atoms with Crippen LogP contribution in [-0.2, 0) is 11.2 Å². The minimum absolute atomic E-state index is 0.0956. The summed E-state index contributed by atoms with van der Waals surface area (Å²) < 4.78 is 19.3. The van der Waals surface area contributed by atoms with Gasteiger partial charge in [-0.1, -0.05) is 54.6 Å². The van der Waals surface area contributed by atoms with Crippen molar-refractivity contribution in [2.45, 2.75) is 24.8 Å². The number of benzene rings is 3. The molecule has 5 nitrogen and oxygen atoms in total. The Kier molecular flexibility index (Phi) is 6.73. The van der Waals surface area contributed by atoms with E-state index < -0.39 is 0 Å². The molecule has 0 bridgehead atoms. The number of imide groups is 1. The van der Waals surface area contributed by atoms with Gasteiger partial charge in [-0.2, -0.15) is 0 Å². The first-order valence-electron chi connectivity index (χ1n) is 11.0. The summed E-state index contributed by atoms with van der Waals surface area (Å²) in [4.78, 5) is 29.3. The molecule has 1 unspecified atom stereocenters. The highest BCUT2D eigenvalue weighted by Gasteiger charge is 2.40. The van der Waals surface area contributed by atoms with Gasteiger partial charge in [0.25, 0.3) is 0 Å². The van der Waals surface area contributed by atoms with E-state index in [0.717, 1.165) is 22.4 Å². The van der Waals surface area contributed by atoms with Crippen molar-refractivity contribution in [3.8, 4) is 5.75 Å². The van der Waals surface area contributed by atoms with Crippen molar-refractivity contribution >= 4 is 11.9 Å². The quantitative estimate of drug-likeness (QED) is 0.502. The second-order valence-corrected chi connectivity index (χ2v) is 8.36. The highest BCUT2D eigenvalue weighted by atomic mass is 19.1. The van der Waals surface area contributed by atoms with Gasteiger partial charge < -0.3 is 9.64 Å². The number of halogens is 1. The Morgan fingerprint density at radius 2 is 1.79 bits per heavy atom. The highest BCUT2D eigenvalue weighted by Crippen LogP contribution is 2.33. The van der Waals surface area contributed by atoms with Crippen LogP contribution in [0.5, 0.6) is 5.75 Å². The first kappa shape index (κ1) is 22.5. The van der Waals surface area contributed by atoms with E-state index in [2.05, 4.69) is 0 Å². The summed E-state index contributed by atoms with van der Waals surface area (Å²) in [5.41, 5.74) is 2.65. The minimum atomic E-state index is -0.348. The number of hydrogen-bond acceptors (Lipinski definition) is 3. The third kappa shape index (κ3) is 5.06. The first-order valence-corrected chi connectivity index (χ1v) is 11.0. The van der Waals surface area contributed by atoms with Crippen molar-refractivity contribution < 1.29 is 18.7 Å². The first-order chi connectivity index (χ1) is 16.0. The zero-order valence-electron chi connectivity index (χ0n) is 18.8. The molecule has 1 saturated heterocycles. The minimum Gasteiger partial charge on any atom is -0.497 e. The maximum absolute atomic E-state index is 14.0. The van der Waals surface area contributed by atoms with Gasteiger partial charge >= 0.3 is 6.03 Å². The fourth-order valence-corrected chi connectivity index (χ4v) is 4.37.